The minimum atomic E-state index is -0.402. The number of fused-ring (bicyclic) bond motifs is 3. The zero-order valence-electron chi connectivity index (χ0n) is 18.7. The lowest BCUT2D eigenvalue weighted by molar-refractivity contribution is 0.767. The van der Waals surface area contributed by atoms with Crippen molar-refractivity contribution >= 4 is 31.9 Å². The fourth-order valence-electron chi connectivity index (χ4n) is 5.40. The van der Waals surface area contributed by atoms with Crippen LogP contribution in [0.2, 0.25) is 0 Å². The van der Waals surface area contributed by atoms with E-state index in [4.69, 9.17) is 0 Å². The van der Waals surface area contributed by atoms with Gasteiger partial charge in [0.25, 0.3) is 0 Å². The lowest BCUT2D eigenvalue weighted by Gasteiger charge is -2.34. The molecule has 5 aromatic carbocycles. The van der Waals surface area contributed by atoms with Crippen LogP contribution in [0.5, 0.6) is 0 Å². The van der Waals surface area contributed by atoms with Crippen LogP contribution in [0.4, 0.5) is 0 Å². The molecule has 0 spiro atoms. The molecule has 1 aliphatic rings. The Morgan fingerprint density at radius 2 is 0.971 bits per heavy atom. The van der Waals surface area contributed by atoms with E-state index in [-0.39, 0.29) is 0 Å². The Bertz CT molecular complexity index is 1450. The SMILES string of the molecule is Cc1ccc(C2(c3ccc(-c4ccccc4)cc3)c3cc(Br)ccc3-c3ccc(Br)cc32)cc1. The van der Waals surface area contributed by atoms with E-state index in [1.807, 2.05) is 0 Å². The molecule has 6 rings (SSSR count). The van der Waals surface area contributed by atoms with Gasteiger partial charge >= 0.3 is 0 Å². The van der Waals surface area contributed by atoms with Gasteiger partial charge in [-0.3, -0.25) is 0 Å². The third-order valence-corrected chi connectivity index (χ3v) is 7.96. The van der Waals surface area contributed by atoms with Gasteiger partial charge in [-0.1, -0.05) is 128 Å². The van der Waals surface area contributed by atoms with Crippen LogP contribution < -0.4 is 0 Å². The van der Waals surface area contributed by atoms with E-state index < -0.39 is 5.41 Å². The predicted octanol–water partition coefficient (Wildman–Crippen LogP) is 9.55. The van der Waals surface area contributed by atoms with Crippen LogP contribution in [0.25, 0.3) is 22.3 Å². The number of rotatable bonds is 3. The molecule has 0 saturated heterocycles. The summed E-state index contributed by atoms with van der Waals surface area (Å²) in [7, 11) is 0. The van der Waals surface area contributed by atoms with Gasteiger partial charge in [-0.25, -0.2) is 0 Å². The molecule has 0 heterocycles. The molecule has 0 bridgehead atoms. The van der Waals surface area contributed by atoms with Gasteiger partial charge in [0.1, 0.15) is 0 Å². The minimum Gasteiger partial charge on any atom is -0.0622 e. The van der Waals surface area contributed by atoms with Crippen molar-refractivity contribution in [2.24, 2.45) is 0 Å². The van der Waals surface area contributed by atoms with Crippen molar-refractivity contribution in [3.05, 3.63) is 152 Å². The van der Waals surface area contributed by atoms with Crippen molar-refractivity contribution in [3.8, 4) is 22.3 Å². The summed E-state index contributed by atoms with van der Waals surface area (Å²) in [5.41, 5.74) is 11.1. The van der Waals surface area contributed by atoms with Crippen LogP contribution in [0.3, 0.4) is 0 Å². The molecule has 2 heteroatoms. The summed E-state index contributed by atoms with van der Waals surface area (Å²) in [5, 5.41) is 0. The second kappa shape index (κ2) is 8.37. The quantitative estimate of drug-likeness (QED) is 0.200. The van der Waals surface area contributed by atoms with Crippen LogP contribution in [-0.4, -0.2) is 0 Å². The van der Waals surface area contributed by atoms with Crippen molar-refractivity contribution in [2.45, 2.75) is 12.3 Å². The van der Waals surface area contributed by atoms with Crippen LogP contribution in [0.1, 0.15) is 27.8 Å². The molecule has 0 amide bonds. The van der Waals surface area contributed by atoms with E-state index >= 15 is 0 Å². The first-order chi connectivity index (χ1) is 16.6. The molecule has 0 nitrogen and oxygen atoms in total. The molecule has 0 atom stereocenters. The first kappa shape index (κ1) is 21.6. The molecule has 0 saturated carbocycles. The van der Waals surface area contributed by atoms with Crippen molar-refractivity contribution in [3.63, 3.8) is 0 Å². The van der Waals surface area contributed by atoms with Gasteiger partial charge in [-0.15, -0.1) is 0 Å². The molecular formula is C32H22Br2. The summed E-state index contributed by atoms with van der Waals surface area (Å²) < 4.78 is 2.19. The maximum atomic E-state index is 3.77. The molecule has 0 aliphatic heterocycles. The Balaban J connectivity index is 1.68. The van der Waals surface area contributed by atoms with Crippen LogP contribution in [0, 0.1) is 6.92 Å². The fourth-order valence-corrected chi connectivity index (χ4v) is 6.13. The van der Waals surface area contributed by atoms with E-state index in [1.165, 1.54) is 50.1 Å². The minimum absolute atomic E-state index is 0.402. The molecule has 0 N–H and O–H groups in total. The highest BCUT2D eigenvalue weighted by atomic mass is 79.9. The molecular weight excluding hydrogens is 544 g/mol. The normalized spacial score (nSPS) is 13.4. The molecule has 5 aromatic rings. The number of halogens is 2. The van der Waals surface area contributed by atoms with Gasteiger partial charge in [0.2, 0.25) is 0 Å². The average molecular weight is 566 g/mol. The monoisotopic (exact) mass is 564 g/mol. The Labute approximate surface area is 217 Å². The van der Waals surface area contributed by atoms with E-state index in [1.54, 1.807) is 0 Å². The Kier molecular flexibility index (Phi) is 5.32. The summed E-state index contributed by atoms with van der Waals surface area (Å²) >= 11 is 7.53. The zero-order chi connectivity index (χ0) is 23.3. The Morgan fingerprint density at radius 3 is 1.50 bits per heavy atom. The summed E-state index contributed by atoms with van der Waals surface area (Å²) in [4.78, 5) is 0. The molecule has 0 unspecified atom stereocenters. The standard InChI is InChI=1S/C32H22Br2/c1-21-7-11-24(12-8-21)32(25-13-9-23(10-14-25)22-5-3-2-4-6-22)30-19-26(33)15-17-28(30)29-18-16-27(34)20-31(29)32/h2-20H,1H3. The molecule has 164 valence electrons. The second-order valence-corrected chi connectivity index (χ2v) is 10.8. The number of benzene rings is 5. The van der Waals surface area contributed by atoms with Gasteiger partial charge in [0, 0.05) is 8.95 Å². The molecule has 0 fully saturated rings. The topological polar surface area (TPSA) is 0 Å². The summed E-state index contributed by atoms with van der Waals surface area (Å²) in [6.45, 7) is 2.15. The average Bonchev–Trinajstić information content (AvgIpc) is 3.14. The molecule has 34 heavy (non-hydrogen) atoms. The van der Waals surface area contributed by atoms with Crippen LogP contribution in [0.15, 0.2) is 124 Å². The summed E-state index contributed by atoms with van der Waals surface area (Å²) in [6, 6.07) is 42.1. The highest BCUT2D eigenvalue weighted by molar-refractivity contribution is 9.10. The van der Waals surface area contributed by atoms with E-state index in [2.05, 4.69) is 154 Å². The number of aryl methyl sites for hydroxylation is 1. The molecule has 0 radical (unpaired) electrons. The first-order valence-electron chi connectivity index (χ1n) is 11.4. The second-order valence-electron chi connectivity index (χ2n) is 8.94. The first-order valence-corrected chi connectivity index (χ1v) is 13.0. The number of hydrogen-bond acceptors (Lipinski definition) is 0. The van der Waals surface area contributed by atoms with E-state index in [9.17, 15) is 0 Å². The lowest BCUT2D eigenvalue weighted by atomic mass is 9.67. The van der Waals surface area contributed by atoms with Crippen molar-refractivity contribution in [1.82, 2.24) is 0 Å². The summed E-state index contributed by atoms with van der Waals surface area (Å²) in [5.74, 6) is 0. The number of hydrogen-bond donors (Lipinski definition) is 0. The van der Waals surface area contributed by atoms with Gasteiger partial charge in [0.15, 0.2) is 0 Å². The van der Waals surface area contributed by atoms with Crippen LogP contribution in [-0.2, 0) is 5.41 Å². The van der Waals surface area contributed by atoms with Crippen LogP contribution >= 0.6 is 31.9 Å². The molecule has 0 aromatic heterocycles. The van der Waals surface area contributed by atoms with E-state index in [0.29, 0.717) is 0 Å². The van der Waals surface area contributed by atoms with E-state index in [0.717, 1.165) is 8.95 Å². The van der Waals surface area contributed by atoms with Gasteiger partial charge < -0.3 is 0 Å². The zero-order valence-corrected chi connectivity index (χ0v) is 21.9. The highest BCUT2D eigenvalue weighted by Crippen LogP contribution is 2.57. The largest absolute Gasteiger partial charge is 0.0714 e. The smallest absolute Gasteiger partial charge is 0.0622 e. The van der Waals surface area contributed by atoms with Crippen molar-refractivity contribution < 1.29 is 0 Å². The lowest BCUT2D eigenvalue weighted by Crippen LogP contribution is -2.28. The third-order valence-electron chi connectivity index (χ3n) is 6.97. The summed E-state index contributed by atoms with van der Waals surface area (Å²) in [6.07, 6.45) is 0. The van der Waals surface area contributed by atoms with Crippen molar-refractivity contribution in [1.29, 1.82) is 0 Å². The highest BCUT2D eigenvalue weighted by Gasteiger charge is 2.46. The Morgan fingerprint density at radius 1 is 0.500 bits per heavy atom. The Hall–Kier alpha value is -2.94. The van der Waals surface area contributed by atoms with Gasteiger partial charge in [0.05, 0.1) is 5.41 Å². The fraction of sp³-hybridized carbons (Fsp3) is 0.0625. The van der Waals surface area contributed by atoms with Gasteiger partial charge in [-0.05, 0) is 75.7 Å². The molecule has 1 aliphatic carbocycles. The third kappa shape index (κ3) is 3.32. The maximum absolute atomic E-state index is 3.77. The predicted molar refractivity (Wildman–Crippen MR) is 149 cm³/mol. The van der Waals surface area contributed by atoms with Gasteiger partial charge in [-0.2, -0.15) is 0 Å². The van der Waals surface area contributed by atoms with Crippen molar-refractivity contribution in [2.75, 3.05) is 0 Å². The maximum Gasteiger partial charge on any atom is 0.0714 e.